The zero-order valence-electron chi connectivity index (χ0n) is 9.86. The van der Waals surface area contributed by atoms with Crippen molar-refractivity contribution in [2.75, 3.05) is 0 Å². The minimum atomic E-state index is -4.71. The number of fused-ring (bicyclic) bond motifs is 3. The average molecular weight is 278 g/mol. The molecule has 1 aromatic carbocycles. The predicted molar refractivity (Wildman–Crippen MR) is 62.8 cm³/mol. The smallest absolute Gasteiger partial charge is 0.418 e. The van der Waals surface area contributed by atoms with E-state index in [1.54, 1.807) is 30.3 Å². The Morgan fingerprint density at radius 1 is 1.25 bits per heavy atom. The fourth-order valence-corrected chi connectivity index (χ4v) is 2.22. The normalized spacial score (nSPS) is 11.9. The Labute approximate surface area is 110 Å². The van der Waals surface area contributed by atoms with Gasteiger partial charge in [-0.15, -0.1) is 0 Å². The van der Waals surface area contributed by atoms with E-state index in [-0.39, 0.29) is 5.65 Å². The van der Waals surface area contributed by atoms with Crippen molar-refractivity contribution in [3.05, 3.63) is 41.5 Å². The summed E-state index contributed by atoms with van der Waals surface area (Å²) >= 11 is 0. The summed E-state index contributed by atoms with van der Waals surface area (Å²) in [7, 11) is 0. The monoisotopic (exact) mass is 278 g/mol. The number of nitrogens with one attached hydrogen (secondary N) is 1. The van der Waals surface area contributed by atoms with Crippen LogP contribution in [0.1, 0.15) is 11.1 Å². The standard InChI is InChI=1S/C13H6F3N3O/c14-13(15,16)8-5-11(20)19-10-4-2-1-3-9(10)18-12(19)7(8)6-17/h1-5H,(H,18,20)/p+1. The minimum Gasteiger partial charge on any atom is -0.477 e. The van der Waals surface area contributed by atoms with Crippen molar-refractivity contribution in [2.45, 2.75) is 6.18 Å². The van der Waals surface area contributed by atoms with Gasteiger partial charge in [0, 0.05) is 6.07 Å². The Morgan fingerprint density at radius 2 is 1.95 bits per heavy atom. The van der Waals surface area contributed by atoms with E-state index in [1.807, 2.05) is 0 Å². The van der Waals surface area contributed by atoms with Gasteiger partial charge in [-0.05, 0) is 12.1 Å². The Balaban J connectivity index is 2.56. The maximum Gasteiger partial charge on any atom is 0.418 e. The largest absolute Gasteiger partial charge is 0.477 e. The summed E-state index contributed by atoms with van der Waals surface area (Å²) < 4.78 is 39.9. The molecule has 0 radical (unpaired) electrons. The molecule has 2 heterocycles. The molecule has 2 N–H and O–H groups in total. The highest BCUT2D eigenvalue weighted by Crippen LogP contribution is 2.34. The van der Waals surface area contributed by atoms with Crippen molar-refractivity contribution in [3.8, 4) is 11.9 Å². The van der Waals surface area contributed by atoms with Gasteiger partial charge in [0.2, 0.25) is 0 Å². The van der Waals surface area contributed by atoms with E-state index in [4.69, 9.17) is 5.26 Å². The summed E-state index contributed by atoms with van der Waals surface area (Å²) in [5.41, 5.74) is -0.777. The number of hydrogen-bond donors (Lipinski definition) is 2. The Kier molecular flexibility index (Phi) is 2.38. The summed E-state index contributed by atoms with van der Waals surface area (Å²) in [6.07, 6.45) is -4.71. The molecule has 0 spiro atoms. The second-order valence-corrected chi connectivity index (χ2v) is 4.23. The van der Waals surface area contributed by atoms with E-state index in [2.05, 4.69) is 4.98 Å². The molecule has 0 aliphatic carbocycles. The van der Waals surface area contributed by atoms with Crippen molar-refractivity contribution in [3.63, 3.8) is 0 Å². The van der Waals surface area contributed by atoms with Crippen LogP contribution in [-0.4, -0.2) is 10.1 Å². The molecule has 7 heteroatoms. The summed E-state index contributed by atoms with van der Waals surface area (Å²) in [6, 6.07) is 8.78. The average Bonchev–Trinajstić information content (AvgIpc) is 2.77. The van der Waals surface area contributed by atoms with Crippen LogP contribution < -0.4 is 4.40 Å². The molecule has 3 aromatic rings. The molecule has 4 nitrogen and oxygen atoms in total. The maximum absolute atomic E-state index is 12.9. The molecule has 0 atom stereocenters. The van der Waals surface area contributed by atoms with E-state index in [0.717, 1.165) is 0 Å². The molecule has 3 rings (SSSR count). The zero-order valence-corrected chi connectivity index (χ0v) is 9.86. The lowest BCUT2D eigenvalue weighted by molar-refractivity contribution is -0.493. The molecule has 0 unspecified atom stereocenters. The van der Waals surface area contributed by atoms with E-state index in [1.165, 1.54) is 4.40 Å². The molecule has 0 fully saturated rings. The molecule has 0 aliphatic heterocycles. The van der Waals surface area contributed by atoms with Crippen molar-refractivity contribution >= 4 is 16.7 Å². The Morgan fingerprint density at radius 3 is 2.60 bits per heavy atom. The number of halogens is 3. The number of aromatic hydroxyl groups is 1. The van der Waals surface area contributed by atoms with Gasteiger partial charge in [-0.1, -0.05) is 12.1 Å². The molecular formula is C13H7F3N3O+. The van der Waals surface area contributed by atoms with Crippen LogP contribution in [0.3, 0.4) is 0 Å². The van der Waals surface area contributed by atoms with Crippen LogP contribution in [0.5, 0.6) is 5.88 Å². The second kappa shape index (κ2) is 3.87. The third kappa shape index (κ3) is 1.58. The fourth-order valence-electron chi connectivity index (χ4n) is 2.22. The number of benzene rings is 1. The van der Waals surface area contributed by atoms with Gasteiger partial charge < -0.3 is 5.11 Å². The molecule has 0 saturated heterocycles. The van der Waals surface area contributed by atoms with Crippen LogP contribution in [0.4, 0.5) is 13.2 Å². The molecule has 0 amide bonds. The zero-order chi connectivity index (χ0) is 14.5. The van der Waals surface area contributed by atoms with Crippen LogP contribution in [-0.2, 0) is 6.18 Å². The highest BCUT2D eigenvalue weighted by molar-refractivity contribution is 5.76. The number of para-hydroxylation sites is 2. The molecule has 20 heavy (non-hydrogen) atoms. The first-order valence-electron chi connectivity index (χ1n) is 5.59. The number of nitriles is 1. The minimum absolute atomic E-state index is 0.0824. The van der Waals surface area contributed by atoms with Gasteiger partial charge in [-0.25, -0.2) is 4.98 Å². The van der Waals surface area contributed by atoms with Crippen LogP contribution in [0.25, 0.3) is 16.7 Å². The summed E-state index contributed by atoms with van der Waals surface area (Å²) in [4.78, 5) is 2.73. The summed E-state index contributed by atoms with van der Waals surface area (Å²) in [5.74, 6) is -0.580. The van der Waals surface area contributed by atoms with Crippen molar-refractivity contribution < 1.29 is 22.7 Å². The number of imidazole rings is 1. The first kappa shape index (κ1) is 12.3. The van der Waals surface area contributed by atoms with Gasteiger partial charge in [0.15, 0.2) is 16.6 Å². The van der Waals surface area contributed by atoms with Gasteiger partial charge in [0.25, 0.3) is 5.88 Å². The molecular weight excluding hydrogens is 271 g/mol. The maximum atomic E-state index is 12.9. The van der Waals surface area contributed by atoms with E-state index in [9.17, 15) is 18.3 Å². The molecule has 0 bridgehead atoms. The van der Waals surface area contributed by atoms with Gasteiger partial charge in [0.1, 0.15) is 6.07 Å². The third-order valence-electron chi connectivity index (χ3n) is 3.05. The quantitative estimate of drug-likeness (QED) is 0.620. The van der Waals surface area contributed by atoms with E-state index < -0.39 is 23.2 Å². The van der Waals surface area contributed by atoms with Crippen molar-refractivity contribution in [2.24, 2.45) is 0 Å². The lowest BCUT2D eigenvalue weighted by atomic mass is 10.1. The number of aromatic nitrogens is 2. The van der Waals surface area contributed by atoms with Gasteiger partial charge in [-0.3, -0.25) is 0 Å². The molecule has 0 saturated carbocycles. The van der Waals surface area contributed by atoms with Crippen molar-refractivity contribution in [1.82, 2.24) is 4.98 Å². The fraction of sp³-hybridized carbons (Fsp3) is 0.0769. The second-order valence-electron chi connectivity index (χ2n) is 4.23. The third-order valence-corrected chi connectivity index (χ3v) is 3.05. The Bertz CT molecular complexity index is 874. The number of H-pyrrole nitrogens is 1. The lowest BCUT2D eigenvalue weighted by Crippen LogP contribution is -2.24. The SMILES string of the molecule is N#Cc1c(C(F)(F)F)cc(O)[n+]2c1[nH]c1ccccc12. The highest BCUT2D eigenvalue weighted by Gasteiger charge is 2.38. The highest BCUT2D eigenvalue weighted by atomic mass is 19.4. The van der Waals surface area contributed by atoms with Crippen LogP contribution >= 0.6 is 0 Å². The number of hydrogen-bond acceptors (Lipinski definition) is 2. The van der Waals surface area contributed by atoms with Crippen LogP contribution in [0, 0.1) is 11.3 Å². The number of pyridine rings is 1. The van der Waals surface area contributed by atoms with E-state index in [0.29, 0.717) is 17.1 Å². The molecule has 100 valence electrons. The number of alkyl halides is 3. The predicted octanol–water partition coefficient (Wildman–Crippen LogP) is 2.50. The topological polar surface area (TPSA) is 63.9 Å². The lowest BCUT2D eigenvalue weighted by Gasteiger charge is -2.07. The van der Waals surface area contributed by atoms with Gasteiger partial charge in [0.05, 0.1) is 5.56 Å². The number of nitrogens with zero attached hydrogens (tertiary/aromatic N) is 2. The first-order chi connectivity index (χ1) is 9.43. The summed E-state index contributed by atoms with van der Waals surface area (Å²) in [5, 5.41) is 18.9. The molecule has 0 aliphatic rings. The molecule has 2 aromatic heterocycles. The number of rotatable bonds is 0. The Hall–Kier alpha value is -2.75. The summed E-state index contributed by atoms with van der Waals surface area (Å²) in [6.45, 7) is 0. The van der Waals surface area contributed by atoms with Crippen molar-refractivity contribution in [1.29, 1.82) is 5.26 Å². The van der Waals surface area contributed by atoms with Crippen LogP contribution in [0.2, 0.25) is 0 Å². The van der Waals surface area contributed by atoms with Crippen LogP contribution in [0.15, 0.2) is 30.3 Å². The first-order valence-corrected chi connectivity index (χ1v) is 5.59. The van der Waals surface area contributed by atoms with Gasteiger partial charge >= 0.3 is 11.8 Å². The number of aromatic amines is 1. The van der Waals surface area contributed by atoms with Gasteiger partial charge in [-0.2, -0.15) is 22.8 Å². The van der Waals surface area contributed by atoms with E-state index >= 15 is 0 Å².